The van der Waals surface area contributed by atoms with Gasteiger partial charge in [0.25, 0.3) is 0 Å². The summed E-state index contributed by atoms with van der Waals surface area (Å²) < 4.78 is 27.7. The molecule has 0 bridgehead atoms. The van der Waals surface area contributed by atoms with Crippen LogP contribution in [0.5, 0.6) is 0 Å². The van der Waals surface area contributed by atoms with Crippen molar-refractivity contribution in [3.05, 3.63) is 55.7 Å². The largest absolute Gasteiger partial charge is 0.207 e. The van der Waals surface area contributed by atoms with Gasteiger partial charge in [-0.15, -0.1) is 11.3 Å². The molecule has 0 spiro atoms. The van der Waals surface area contributed by atoms with Crippen molar-refractivity contribution < 1.29 is 8.78 Å². The average molecular weight is 352 g/mol. The van der Waals surface area contributed by atoms with Crippen molar-refractivity contribution in [3.8, 4) is 0 Å². The highest BCUT2D eigenvalue weighted by Gasteiger charge is 2.19. The lowest BCUT2D eigenvalue weighted by Gasteiger charge is -2.11. The molecule has 1 aromatic carbocycles. The minimum atomic E-state index is -0.554. The molecule has 96 valence electrons. The third kappa shape index (κ3) is 2.60. The first-order valence-electron chi connectivity index (χ1n) is 5.25. The Morgan fingerprint density at radius 1 is 1.11 bits per heavy atom. The van der Waals surface area contributed by atoms with E-state index in [9.17, 15) is 8.78 Å². The average Bonchev–Trinajstić information content (AvgIpc) is 2.63. The monoisotopic (exact) mass is 350 g/mol. The summed E-state index contributed by atoms with van der Waals surface area (Å²) in [6, 6.07) is 4.35. The van der Waals surface area contributed by atoms with Crippen LogP contribution in [0.4, 0.5) is 8.78 Å². The Morgan fingerprint density at radius 2 is 1.78 bits per heavy atom. The number of hydrogen-bond acceptors (Lipinski definition) is 1. The fraction of sp³-hybridized carbons (Fsp3) is 0.231. The van der Waals surface area contributed by atoms with E-state index in [-0.39, 0.29) is 4.83 Å². The van der Waals surface area contributed by atoms with Gasteiger partial charge in [-0.25, -0.2) is 8.78 Å². The fourth-order valence-electron chi connectivity index (χ4n) is 1.64. The Hall–Kier alpha value is -0.450. The smallest absolute Gasteiger partial charge is 0.130 e. The number of aryl methyl sites for hydroxylation is 2. The summed E-state index contributed by atoms with van der Waals surface area (Å²) in [4.78, 5) is 0.593. The first-order chi connectivity index (χ1) is 8.40. The van der Waals surface area contributed by atoms with Crippen molar-refractivity contribution in [1.29, 1.82) is 0 Å². The molecule has 1 unspecified atom stereocenters. The van der Waals surface area contributed by atoms with E-state index < -0.39 is 11.6 Å². The van der Waals surface area contributed by atoms with Crippen molar-refractivity contribution in [2.24, 2.45) is 0 Å². The van der Waals surface area contributed by atoms with Gasteiger partial charge in [-0.05, 0) is 37.1 Å². The summed E-state index contributed by atoms with van der Waals surface area (Å²) in [5, 5.41) is 0. The summed E-state index contributed by atoms with van der Waals surface area (Å²) in [6.45, 7) is 3.51. The van der Waals surface area contributed by atoms with E-state index in [0.717, 1.165) is 16.5 Å². The van der Waals surface area contributed by atoms with Gasteiger partial charge in [-0.2, -0.15) is 0 Å². The van der Waals surface area contributed by atoms with Gasteiger partial charge in [-0.3, -0.25) is 0 Å². The van der Waals surface area contributed by atoms with Gasteiger partial charge in [0.1, 0.15) is 11.6 Å². The Morgan fingerprint density at radius 3 is 2.33 bits per heavy atom. The van der Waals surface area contributed by atoms with Gasteiger partial charge in [0, 0.05) is 16.5 Å². The molecule has 0 radical (unpaired) electrons. The van der Waals surface area contributed by atoms with E-state index in [1.807, 2.05) is 13.0 Å². The molecule has 0 fully saturated rings. The molecule has 0 aliphatic carbocycles. The third-order valence-electron chi connectivity index (χ3n) is 2.68. The van der Waals surface area contributed by atoms with E-state index in [1.54, 1.807) is 6.92 Å². The van der Waals surface area contributed by atoms with Crippen LogP contribution < -0.4 is 0 Å². The Balaban J connectivity index is 2.45. The molecule has 0 aliphatic rings. The maximum atomic E-state index is 13.8. The molecule has 1 heterocycles. The highest BCUT2D eigenvalue weighted by atomic mass is 79.9. The molecule has 1 aromatic heterocycles. The highest BCUT2D eigenvalue weighted by molar-refractivity contribution is 9.09. The molecule has 2 aromatic rings. The fourth-order valence-corrected chi connectivity index (χ4v) is 3.61. The lowest BCUT2D eigenvalue weighted by molar-refractivity contribution is 0.569. The highest BCUT2D eigenvalue weighted by Crippen LogP contribution is 2.40. The number of rotatable bonds is 2. The van der Waals surface area contributed by atoms with Gasteiger partial charge in [-0.1, -0.05) is 27.5 Å². The van der Waals surface area contributed by atoms with Crippen LogP contribution in [0.25, 0.3) is 0 Å². The molecule has 2 rings (SSSR count). The molecule has 5 heteroatoms. The van der Waals surface area contributed by atoms with Crippen LogP contribution >= 0.6 is 38.9 Å². The van der Waals surface area contributed by atoms with E-state index in [1.165, 1.54) is 17.4 Å². The molecule has 1 atom stereocenters. The van der Waals surface area contributed by atoms with Crippen LogP contribution in [0.1, 0.15) is 26.4 Å². The number of halogens is 4. The lowest BCUT2D eigenvalue weighted by atomic mass is 10.1. The Labute approximate surface area is 122 Å². The topological polar surface area (TPSA) is 0 Å². The molecule has 18 heavy (non-hydrogen) atoms. The predicted molar refractivity (Wildman–Crippen MR) is 75.9 cm³/mol. The Kier molecular flexibility index (Phi) is 4.09. The van der Waals surface area contributed by atoms with Crippen LogP contribution in [0.15, 0.2) is 18.2 Å². The second-order valence-electron chi connectivity index (χ2n) is 4.09. The molecule has 0 N–H and O–H groups in total. The number of hydrogen-bond donors (Lipinski definition) is 0. The molecular weight excluding hydrogens is 342 g/mol. The zero-order valence-electron chi connectivity index (χ0n) is 9.73. The zero-order valence-corrected chi connectivity index (χ0v) is 12.9. The SMILES string of the molecule is Cc1cc(C(Br)c2cc(C)c(Cl)s2)c(F)cc1F. The molecule has 0 saturated carbocycles. The van der Waals surface area contributed by atoms with Crippen molar-refractivity contribution in [3.63, 3.8) is 0 Å². The predicted octanol–water partition coefficient (Wildman–Crippen LogP) is 5.78. The van der Waals surface area contributed by atoms with Gasteiger partial charge >= 0.3 is 0 Å². The van der Waals surface area contributed by atoms with E-state index in [0.29, 0.717) is 15.5 Å². The maximum absolute atomic E-state index is 13.8. The Bertz CT molecular complexity index is 575. The minimum absolute atomic E-state index is 0.312. The zero-order chi connectivity index (χ0) is 13.4. The quantitative estimate of drug-likeness (QED) is 0.602. The normalized spacial score (nSPS) is 12.8. The number of benzene rings is 1. The van der Waals surface area contributed by atoms with Crippen molar-refractivity contribution >= 4 is 38.9 Å². The van der Waals surface area contributed by atoms with Crippen LogP contribution in [0.2, 0.25) is 4.34 Å². The summed E-state index contributed by atoms with van der Waals surface area (Å²) in [5.41, 5.74) is 1.81. The standard InChI is InChI=1S/C13H10BrClF2S/c1-6-3-8(10(17)5-9(6)16)12(14)11-4-7(2)13(15)18-11/h3-5,12H,1-2H3. The van der Waals surface area contributed by atoms with Crippen LogP contribution in [0, 0.1) is 25.5 Å². The van der Waals surface area contributed by atoms with Crippen molar-refractivity contribution in [2.45, 2.75) is 18.7 Å². The third-order valence-corrected chi connectivity index (χ3v) is 5.59. The second kappa shape index (κ2) is 5.27. The summed E-state index contributed by atoms with van der Waals surface area (Å²) in [5.74, 6) is -1.08. The maximum Gasteiger partial charge on any atom is 0.130 e. The van der Waals surface area contributed by atoms with Gasteiger partial charge in [0.2, 0.25) is 0 Å². The second-order valence-corrected chi connectivity index (χ2v) is 6.69. The number of thiophene rings is 1. The lowest BCUT2D eigenvalue weighted by Crippen LogP contribution is -1.97. The summed E-state index contributed by atoms with van der Waals surface area (Å²) in [6.07, 6.45) is 0. The van der Waals surface area contributed by atoms with E-state index in [2.05, 4.69) is 15.9 Å². The first-order valence-corrected chi connectivity index (χ1v) is 7.36. The molecule has 0 amide bonds. The van der Waals surface area contributed by atoms with Crippen LogP contribution in [-0.4, -0.2) is 0 Å². The van der Waals surface area contributed by atoms with E-state index in [4.69, 9.17) is 11.6 Å². The van der Waals surface area contributed by atoms with Crippen molar-refractivity contribution in [2.75, 3.05) is 0 Å². The first kappa shape index (κ1) is 14.0. The van der Waals surface area contributed by atoms with Gasteiger partial charge in [0.15, 0.2) is 0 Å². The van der Waals surface area contributed by atoms with E-state index >= 15 is 0 Å². The van der Waals surface area contributed by atoms with Gasteiger partial charge in [0.05, 0.1) is 9.16 Å². The summed E-state index contributed by atoms with van der Waals surface area (Å²) in [7, 11) is 0. The minimum Gasteiger partial charge on any atom is -0.207 e. The number of alkyl halides is 1. The molecular formula is C13H10BrClF2S. The van der Waals surface area contributed by atoms with Gasteiger partial charge < -0.3 is 0 Å². The summed E-state index contributed by atoms with van der Waals surface area (Å²) >= 11 is 10.8. The van der Waals surface area contributed by atoms with Crippen LogP contribution in [-0.2, 0) is 0 Å². The molecule has 0 saturated heterocycles. The van der Waals surface area contributed by atoms with Crippen molar-refractivity contribution in [1.82, 2.24) is 0 Å². The van der Waals surface area contributed by atoms with Crippen LogP contribution in [0.3, 0.4) is 0 Å². The molecule has 0 nitrogen and oxygen atoms in total. The molecule has 0 aliphatic heterocycles.